The van der Waals surface area contributed by atoms with Crippen molar-refractivity contribution in [1.29, 1.82) is 0 Å². The van der Waals surface area contributed by atoms with Crippen LogP contribution < -0.4 is 0 Å². The zero-order chi connectivity index (χ0) is 13.1. The number of phenolic OH excluding ortho intramolecular Hbond substituents is 1. The molecule has 0 spiro atoms. The smallest absolute Gasteiger partial charge is 0.416 e. The fourth-order valence-electron chi connectivity index (χ4n) is 1.35. The Hall–Kier alpha value is -1.72. The van der Waals surface area contributed by atoms with Crippen molar-refractivity contribution in [1.82, 2.24) is 0 Å². The van der Waals surface area contributed by atoms with Crippen LogP contribution in [0.3, 0.4) is 0 Å². The number of alkyl halides is 3. The van der Waals surface area contributed by atoms with Gasteiger partial charge in [0, 0.05) is 0 Å². The standard InChI is InChI=1S/C11H11F3O3/c1-2-17-10(16)5-7-3-4-8(15)6-9(7)11(12,13)14/h3-4,6,15H,2,5H2,1H3. The van der Waals surface area contributed by atoms with Crippen molar-refractivity contribution >= 4 is 5.97 Å². The number of hydrogen-bond donors (Lipinski definition) is 1. The molecule has 1 N–H and O–H groups in total. The Morgan fingerprint density at radius 1 is 1.41 bits per heavy atom. The first-order valence-electron chi connectivity index (χ1n) is 4.89. The van der Waals surface area contributed by atoms with Crippen molar-refractivity contribution in [3.05, 3.63) is 29.3 Å². The second-order valence-corrected chi connectivity index (χ2v) is 3.32. The molecule has 0 aliphatic carbocycles. The van der Waals surface area contributed by atoms with E-state index in [-0.39, 0.29) is 12.2 Å². The SMILES string of the molecule is CCOC(=O)Cc1ccc(O)cc1C(F)(F)F. The summed E-state index contributed by atoms with van der Waals surface area (Å²) in [6, 6.07) is 2.76. The number of rotatable bonds is 3. The van der Waals surface area contributed by atoms with Crippen molar-refractivity contribution in [2.75, 3.05) is 6.61 Å². The van der Waals surface area contributed by atoms with E-state index in [1.165, 1.54) is 0 Å². The average molecular weight is 248 g/mol. The average Bonchev–Trinajstić information content (AvgIpc) is 2.19. The first kappa shape index (κ1) is 13.3. The van der Waals surface area contributed by atoms with E-state index in [0.29, 0.717) is 6.07 Å². The summed E-state index contributed by atoms with van der Waals surface area (Å²) in [5, 5.41) is 9.02. The molecule has 0 unspecified atom stereocenters. The summed E-state index contributed by atoms with van der Waals surface area (Å²) in [7, 11) is 0. The molecule has 0 radical (unpaired) electrons. The summed E-state index contributed by atoms with van der Waals surface area (Å²) in [5.41, 5.74) is -1.24. The van der Waals surface area contributed by atoms with Crippen LogP contribution in [0.4, 0.5) is 13.2 Å². The molecule has 0 bridgehead atoms. The molecule has 6 heteroatoms. The molecule has 3 nitrogen and oxygen atoms in total. The highest BCUT2D eigenvalue weighted by Crippen LogP contribution is 2.34. The quantitative estimate of drug-likeness (QED) is 0.836. The number of carbonyl (C=O) groups excluding carboxylic acids is 1. The third kappa shape index (κ3) is 3.65. The fourth-order valence-corrected chi connectivity index (χ4v) is 1.35. The maximum Gasteiger partial charge on any atom is 0.416 e. The molecule has 0 saturated heterocycles. The molecule has 0 saturated carbocycles. The minimum atomic E-state index is -4.61. The fraction of sp³-hybridized carbons (Fsp3) is 0.364. The van der Waals surface area contributed by atoms with Crippen molar-refractivity contribution in [3.8, 4) is 5.75 Å². The highest BCUT2D eigenvalue weighted by atomic mass is 19.4. The lowest BCUT2D eigenvalue weighted by atomic mass is 10.0. The van der Waals surface area contributed by atoms with E-state index in [4.69, 9.17) is 5.11 Å². The van der Waals surface area contributed by atoms with Crippen LogP contribution in [0, 0.1) is 0 Å². The Bertz CT molecular complexity index is 413. The monoisotopic (exact) mass is 248 g/mol. The minimum Gasteiger partial charge on any atom is -0.508 e. The molecule has 0 heterocycles. The lowest BCUT2D eigenvalue weighted by Crippen LogP contribution is -2.14. The zero-order valence-corrected chi connectivity index (χ0v) is 9.04. The van der Waals surface area contributed by atoms with E-state index < -0.39 is 29.9 Å². The van der Waals surface area contributed by atoms with Gasteiger partial charge in [-0.05, 0) is 24.6 Å². The van der Waals surface area contributed by atoms with Crippen molar-refractivity contribution < 1.29 is 27.8 Å². The van der Waals surface area contributed by atoms with Crippen LogP contribution in [0.15, 0.2) is 18.2 Å². The van der Waals surface area contributed by atoms with E-state index in [1.54, 1.807) is 6.92 Å². The van der Waals surface area contributed by atoms with Gasteiger partial charge in [-0.3, -0.25) is 4.79 Å². The Kier molecular flexibility index (Phi) is 3.98. The van der Waals surface area contributed by atoms with Crippen LogP contribution >= 0.6 is 0 Å². The van der Waals surface area contributed by atoms with Gasteiger partial charge in [-0.2, -0.15) is 13.2 Å². The summed E-state index contributed by atoms with van der Waals surface area (Å²) in [6.07, 6.45) is -5.08. The van der Waals surface area contributed by atoms with E-state index in [2.05, 4.69) is 4.74 Å². The molecule has 0 aliphatic heterocycles. The van der Waals surface area contributed by atoms with Crippen LogP contribution in [-0.2, 0) is 22.1 Å². The van der Waals surface area contributed by atoms with Gasteiger partial charge in [0.2, 0.25) is 0 Å². The summed E-state index contributed by atoms with van der Waals surface area (Å²) < 4.78 is 42.4. The number of ether oxygens (including phenoxy) is 1. The van der Waals surface area contributed by atoms with Crippen LogP contribution in [0.2, 0.25) is 0 Å². The number of benzene rings is 1. The Morgan fingerprint density at radius 2 is 2.06 bits per heavy atom. The molecule has 0 fully saturated rings. The van der Waals surface area contributed by atoms with Gasteiger partial charge in [0.15, 0.2) is 0 Å². The molecular formula is C11H11F3O3. The van der Waals surface area contributed by atoms with E-state index in [0.717, 1.165) is 12.1 Å². The number of esters is 1. The Labute approximate surface area is 95.8 Å². The number of aromatic hydroxyl groups is 1. The lowest BCUT2D eigenvalue weighted by molar-refractivity contribution is -0.143. The van der Waals surface area contributed by atoms with Gasteiger partial charge in [-0.25, -0.2) is 0 Å². The normalized spacial score (nSPS) is 11.3. The molecule has 17 heavy (non-hydrogen) atoms. The molecule has 1 rings (SSSR count). The summed E-state index contributed by atoms with van der Waals surface area (Å²) in [6.45, 7) is 1.68. The molecular weight excluding hydrogens is 237 g/mol. The number of hydrogen-bond acceptors (Lipinski definition) is 3. The molecule has 0 atom stereocenters. The van der Waals surface area contributed by atoms with Crippen LogP contribution in [0.1, 0.15) is 18.1 Å². The van der Waals surface area contributed by atoms with Gasteiger partial charge < -0.3 is 9.84 Å². The first-order valence-corrected chi connectivity index (χ1v) is 4.89. The van der Waals surface area contributed by atoms with Crippen molar-refractivity contribution in [2.24, 2.45) is 0 Å². The molecule has 0 amide bonds. The molecule has 0 aliphatic rings. The van der Waals surface area contributed by atoms with Crippen molar-refractivity contribution in [2.45, 2.75) is 19.5 Å². The summed E-state index contributed by atoms with van der Waals surface area (Å²) in [5.74, 6) is -1.23. The topological polar surface area (TPSA) is 46.5 Å². The molecule has 1 aromatic rings. The third-order valence-electron chi connectivity index (χ3n) is 2.04. The van der Waals surface area contributed by atoms with Crippen LogP contribution in [-0.4, -0.2) is 17.7 Å². The predicted octanol–water partition coefficient (Wildman–Crippen LogP) is 2.52. The molecule has 94 valence electrons. The molecule has 1 aromatic carbocycles. The summed E-state index contributed by atoms with van der Waals surface area (Å²) >= 11 is 0. The maximum atomic E-state index is 12.6. The predicted molar refractivity (Wildman–Crippen MR) is 53.4 cm³/mol. The third-order valence-corrected chi connectivity index (χ3v) is 2.04. The van der Waals surface area contributed by atoms with Crippen molar-refractivity contribution in [3.63, 3.8) is 0 Å². The van der Waals surface area contributed by atoms with Gasteiger partial charge >= 0.3 is 12.1 Å². The number of phenols is 1. The second-order valence-electron chi connectivity index (χ2n) is 3.32. The van der Waals surface area contributed by atoms with Gasteiger partial charge in [-0.15, -0.1) is 0 Å². The largest absolute Gasteiger partial charge is 0.508 e. The molecule has 0 aromatic heterocycles. The maximum absolute atomic E-state index is 12.6. The Balaban J connectivity index is 3.03. The van der Waals surface area contributed by atoms with E-state index >= 15 is 0 Å². The lowest BCUT2D eigenvalue weighted by Gasteiger charge is -2.12. The van der Waals surface area contributed by atoms with E-state index in [9.17, 15) is 18.0 Å². The summed E-state index contributed by atoms with van der Waals surface area (Å²) in [4.78, 5) is 11.1. The number of carbonyl (C=O) groups is 1. The van der Waals surface area contributed by atoms with Crippen LogP contribution in [0.5, 0.6) is 5.75 Å². The highest BCUT2D eigenvalue weighted by molar-refractivity contribution is 5.73. The van der Waals surface area contributed by atoms with Crippen LogP contribution in [0.25, 0.3) is 0 Å². The second kappa shape index (κ2) is 5.07. The minimum absolute atomic E-state index is 0.109. The highest BCUT2D eigenvalue weighted by Gasteiger charge is 2.34. The van der Waals surface area contributed by atoms with Gasteiger partial charge in [0.05, 0.1) is 18.6 Å². The van der Waals surface area contributed by atoms with Gasteiger partial charge in [0.1, 0.15) is 5.75 Å². The first-order chi connectivity index (χ1) is 7.84. The van der Waals surface area contributed by atoms with Gasteiger partial charge in [0.25, 0.3) is 0 Å². The van der Waals surface area contributed by atoms with Gasteiger partial charge in [-0.1, -0.05) is 6.07 Å². The zero-order valence-electron chi connectivity index (χ0n) is 9.04. The Morgan fingerprint density at radius 3 is 2.59 bits per heavy atom. The number of halogens is 3. The van der Waals surface area contributed by atoms with E-state index in [1.807, 2.05) is 0 Å².